The molecule has 5 nitrogen and oxygen atoms in total. The van der Waals surface area contributed by atoms with Crippen molar-refractivity contribution in [3.8, 4) is 0 Å². The summed E-state index contributed by atoms with van der Waals surface area (Å²) in [6, 6.07) is 0. The molecule has 0 aromatic carbocycles. The van der Waals surface area contributed by atoms with Crippen molar-refractivity contribution in [1.82, 2.24) is 15.2 Å². The van der Waals surface area contributed by atoms with Crippen molar-refractivity contribution in [3.63, 3.8) is 0 Å². The number of halogens is 3. The van der Waals surface area contributed by atoms with E-state index in [1.165, 1.54) is 0 Å². The van der Waals surface area contributed by atoms with Gasteiger partial charge in [-0.15, -0.1) is 24.8 Å². The number of hydrogen-bond donors (Lipinski definition) is 1. The number of nitrogens with zero attached hydrogens (tertiary/aromatic N) is 2. The summed E-state index contributed by atoms with van der Waals surface area (Å²) in [7, 11) is 1.63. The van der Waals surface area contributed by atoms with E-state index in [0.717, 1.165) is 42.0 Å². The van der Waals surface area contributed by atoms with Crippen molar-refractivity contribution in [3.05, 3.63) is 27.5 Å². The van der Waals surface area contributed by atoms with Gasteiger partial charge in [0.05, 0.1) is 35.5 Å². The molecule has 1 aromatic heterocycles. The van der Waals surface area contributed by atoms with Gasteiger partial charge in [0.25, 0.3) is 0 Å². The number of carbonyl (C=O) groups excluding carboxylic acids is 1. The second-order valence-electron chi connectivity index (χ2n) is 5.74. The van der Waals surface area contributed by atoms with Crippen molar-refractivity contribution in [2.75, 3.05) is 20.2 Å². The van der Waals surface area contributed by atoms with Gasteiger partial charge in [0.1, 0.15) is 0 Å². The fourth-order valence-corrected chi connectivity index (χ4v) is 3.34. The van der Waals surface area contributed by atoms with Crippen molar-refractivity contribution >= 4 is 42.3 Å². The van der Waals surface area contributed by atoms with E-state index >= 15 is 0 Å². The summed E-state index contributed by atoms with van der Waals surface area (Å²) in [6.45, 7) is 5.31. The van der Waals surface area contributed by atoms with E-state index in [4.69, 9.17) is 16.3 Å². The number of amides is 1. The zero-order chi connectivity index (χ0) is 15.0. The van der Waals surface area contributed by atoms with Crippen LogP contribution in [0.2, 0.25) is 5.02 Å². The van der Waals surface area contributed by atoms with Crippen LogP contribution in [0.5, 0.6) is 0 Å². The lowest BCUT2D eigenvalue weighted by Gasteiger charge is -2.19. The molecule has 0 saturated carbocycles. The van der Waals surface area contributed by atoms with E-state index in [-0.39, 0.29) is 36.6 Å². The van der Waals surface area contributed by atoms with Crippen LogP contribution in [0.15, 0.2) is 0 Å². The number of rotatable bonds is 3. The topological polar surface area (TPSA) is 54.5 Å². The SMILES string of the molecule is COCc1nc2c(c(C)c1Cl)CN(C(=O)[C@@H]1CCNC1)C2.Cl.Cl. The molecule has 1 fully saturated rings. The first kappa shape index (κ1) is 20.5. The molecule has 1 atom stereocenters. The molecule has 23 heavy (non-hydrogen) atoms. The van der Waals surface area contributed by atoms with Crippen molar-refractivity contribution < 1.29 is 9.53 Å². The molecule has 130 valence electrons. The zero-order valence-corrected chi connectivity index (χ0v) is 15.6. The van der Waals surface area contributed by atoms with E-state index in [1.807, 2.05) is 11.8 Å². The number of pyridine rings is 1. The monoisotopic (exact) mass is 381 g/mol. The maximum Gasteiger partial charge on any atom is 0.227 e. The Bertz CT molecular complexity index is 578. The second kappa shape index (κ2) is 8.49. The van der Waals surface area contributed by atoms with Gasteiger partial charge in [-0.1, -0.05) is 11.6 Å². The van der Waals surface area contributed by atoms with Gasteiger partial charge in [-0.2, -0.15) is 0 Å². The maximum atomic E-state index is 12.5. The standard InChI is InChI=1S/C15H20ClN3O2.2ClH/c1-9-11-6-19(15(20)10-3-4-17-5-10)7-12(11)18-13(8-21-2)14(9)16;;/h10,17H,3-8H2,1-2H3;2*1H/t10-;;/m1../s1. The van der Waals surface area contributed by atoms with Crippen molar-refractivity contribution in [1.29, 1.82) is 0 Å². The number of nitrogens with one attached hydrogen (secondary N) is 1. The number of methoxy groups -OCH3 is 1. The quantitative estimate of drug-likeness (QED) is 0.872. The maximum absolute atomic E-state index is 12.5. The normalized spacial score (nSPS) is 19.1. The average Bonchev–Trinajstić information content (AvgIpc) is 3.13. The van der Waals surface area contributed by atoms with E-state index < -0.39 is 0 Å². The first-order chi connectivity index (χ1) is 10.1. The molecule has 0 unspecified atom stereocenters. The average molecular weight is 383 g/mol. The third-order valence-electron chi connectivity index (χ3n) is 4.35. The Morgan fingerprint density at radius 1 is 1.43 bits per heavy atom. The fourth-order valence-electron chi connectivity index (χ4n) is 3.12. The minimum Gasteiger partial charge on any atom is -0.378 e. The Labute approximate surface area is 153 Å². The van der Waals surface area contributed by atoms with Crippen LogP contribution in [0.25, 0.3) is 0 Å². The van der Waals surface area contributed by atoms with Crippen molar-refractivity contribution in [2.24, 2.45) is 5.92 Å². The van der Waals surface area contributed by atoms with Gasteiger partial charge in [0, 0.05) is 20.2 Å². The molecule has 2 aliphatic heterocycles. The van der Waals surface area contributed by atoms with Gasteiger partial charge >= 0.3 is 0 Å². The Morgan fingerprint density at radius 2 is 2.17 bits per heavy atom. The molecule has 0 bridgehead atoms. The van der Waals surface area contributed by atoms with E-state index in [9.17, 15) is 4.79 Å². The Hall–Kier alpha value is -0.590. The molecule has 3 heterocycles. The highest BCUT2D eigenvalue weighted by Gasteiger charge is 2.33. The Kier molecular flexibility index (Phi) is 7.55. The Morgan fingerprint density at radius 3 is 2.78 bits per heavy atom. The third kappa shape index (κ3) is 3.91. The number of ether oxygens (including phenoxy) is 1. The first-order valence-corrected chi connectivity index (χ1v) is 7.64. The molecule has 2 aliphatic rings. The molecule has 0 spiro atoms. The summed E-state index contributed by atoms with van der Waals surface area (Å²) < 4.78 is 5.14. The van der Waals surface area contributed by atoms with E-state index in [0.29, 0.717) is 24.7 Å². The molecular formula is C15H22Cl3N3O2. The molecule has 1 saturated heterocycles. The summed E-state index contributed by atoms with van der Waals surface area (Å²) in [6.07, 6.45) is 0.924. The lowest BCUT2D eigenvalue weighted by atomic mass is 10.1. The molecular weight excluding hydrogens is 361 g/mol. The van der Waals surface area contributed by atoms with Crippen LogP contribution in [0.1, 0.15) is 28.9 Å². The first-order valence-electron chi connectivity index (χ1n) is 7.27. The number of carbonyl (C=O) groups is 1. The van der Waals surface area contributed by atoms with Gasteiger partial charge < -0.3 is 15.0 Å². The molecule has 1 aromatic rings. The van der Waals surface area contributed by atoms with Crippen LogP contribution in [0.3, 0.4) is 0 Å². The number of fused-ring (bicyclic) bond motifs is 1. The van der Waals surface area contributed by atoms with Crippen LogP contribution in [0, 0.1) is 12.8 Å². The van der Waals surface area contributed by atoms with Gasteiger partial charge in [0.15, 0.2) is 0 Å². The summed E-state index contributed by atoms with van der Waals surface area (Å²) in [5.41, 5.74) is 3.84. The summed E-state index contributed by atoms with van der Waals surface area (Å²) in [5, 5.41) is 3.90. The molecule has 3 rings (SSSR count). The molecule has 1 amide bonds. The van der Waals surface area contributed by atoms with Crippen molar-refractivity contribution in [2.45, 2.75) is 33.0 Å². The highest BCUT2D eigenvalue weighted by Crippen LogP contribution is 2.32. The van der Waals surface area contributed by atoms with Crippen LogP contribution in [0.4, 0.5) is 0 Å². The van der Waals surface area contributed by atoms with E-state index in [1.54, 1.807) is 7.11 Å². The van der Waals surface area contributed by atoms with Crippen LogP contribution >= 0.6 is 36.4 Å². The number of aromatic nitrogens is 1. The van der Waals surface area contributed by atoms with Gasteiger partial charge in [-0.25, -0.2) is 0 Å². The van der Waals surface area contributed by atoms with Crippen LogP contribution in [-0.2, 0) is 29.2 Å². The van der Waals surface area contributed by atoms with Gasteiger partial charge in [-0.05, 0) is 31.0 Å². The summed E-state index contributed by atoms with van der Waals surface area (Å²) >= 11 is 6.35. The highest BCUT2D eigenvalue weighted by atomic mass is 35.5. The third-order valence-corrected chi connectivity index (χ3v) is 4.85. The zero-order valence-electron chi connectivity index (χ0n) is 13.2. The smallest absolute Gasteiger partial charge is 0.227 e. The molecule has 1 N–H and O–H groups in total. The number of hydrogen-bond acceptors (Lipinski definition) is 4. The lowest BCUT2D eigenvalue weighted by molar-refractivity contribution is -0.135. The minimum absolute atomic E-state index is 0. The highest BCUT2D eigenvalue weighted by molar-refractivity contribution is 6.32. The second-order valence-corrected chi connectivity index (χ2v) is 6.12. The Balaban J connectivity index is 0.00000132. The van der Waals surface area contributed by atoms with Gasteiger partial charge in [0.2, 0.25) is 5.91 Å². The largest absolute Gasteiger partial charge is 0.378 e. The molecule has 0 radical (unpaired) electrons. The predicted molar refractivity (Wildman–Crippen MR) is 94.4 cm³/mol. The molecule has 8 heteroatoms. The summed E-state index contributed by atoms with van der Waals surface area (Å²) in [5.74, 6) is 0.329. The fraction of sp³-hybridized carbons (Fsp3) is 0.600. The molecule has 0 aliphatic carbocycles. The van der Waals surface area contributed by atoms with Crippen LogP contribution in [-0.4, -0.2) is 36.0 Å². The lowest BCUT2D eigenvalue weighted by Crippen LogP contribution is -2.33. The van der Waals surface area contributed by atoms with Gasteiger partial charge in [-0.3, -0.25) is 9.78 Å². The van der Waals surface area contributed by atoms with Crippen LogP contribution < -0.4 is 5.32 Å². The minimum atomic E-state index is 0. The predicted octanol–water partition coefficient (Wildman–Crippen LogP) is 2.49. The summed E-state index contributed by atoms with van der Waals surface area (Å²) in [4.78, 5) is 19.0. The van der Waals surface area contributed by atoms with E-state index in [2.05, 4.69) is 10.3 Å².